The van der Waals surface area contributed by atoms with E-state index in [4.69, 9.17) is 17.0 Å². The van der Waals surface area contributed by atoms with Crippen molar-refractivity contribution in [2.75, 3.05) is 0 Å². The van der Waals surface area contributed by atoms with Crippen molar-refractivity contribution in [1.82, 2.24) is 5.32 Å². The van der Waals surface area contributed by atoms with Crippen LogP contribution in [0, 0.1) is 11.3 Å². The summed E-state index contributed by atoms with van der Waals surface area (Å²) in [5, 5.41) is 9.40. The Kier molecular flexibility index (Phi) is 4.95. The third kappa shape index (κ3) is 4.85. The van der Waals surface area contributed by atoms with E-state index in [-0.39, 0.29) is 5.50 Å². The van der Waals surface area contributed by atoms with Crippen molar-refractivity contribution >= 4 is 17.9 Å². The highest BCUT2D eigenvalue weighted by Crippen LogP contribution is 2.09. The second kappa shape index (κ2) is 5.19. The molecule has 0 radical (unpaired) electrons. The molecule has 1 atom stereocenters. The average molecular weight is 175 g/mol. The van der Waals surface area contributed by atoms with Gasteiger partial charge >= 0.3 is 0 Å². The molecule has 2 nitrogen and oxygen atoms in total. The van der Waals surface area contributed by atoms with Gasteiger partial charge < -0.3 is 5.32 Å². The number of alkyl halides is 1. The number of nitrogens with one attached hydrogen (secondary N) is 2. The summed E-state index contributed by atoms with van der Waals surface area (Å²) >= 11 is 5.78. The standard InChI is InChI=1S/C8H15ClN2/c1-6(2)7(3)4-8(9)11-5-10/h4-6,8H,1-3H3,(H2,10,11)/b7-4+. The molecule has 0 bridgehead atoms. The highest BCUT2D eigenvalue weighted by molar-refractivity contribution is 6.22. The molecule has 0 spiro atoms. The van der Waals surface area contributed by atoms with Gasteiger partial charge in [-0.05, 0) is 18.9 Å². The highest BCUT2D eigenvalue weighted by Gasteiger charge is 2.00. The van der Waals surface area contributed by atoms with Crippen LogP contribution in [-0.4, -0.2) is 11.8 Å². The van der Waals surface area contributed by atoms with E-state index in [0.29, 0.717) is 5.92 Å². The predicted octanol–water partition coefficient (Wildman–Crippen LogP) is 2.35. The molecular formula is C8H15ClN2. The second-order valence-corrected chi connectivity index (χ2v) is 3.25. The summed E-state index contributed by atoms with van der Waals surface area (Å²) in [5.74, 6) is 0.517. The molecule has 0 aromatic heterocycles. The van der Waals surface area contributed by atoms with Crippen LogP contribution in [0.25, 0.3) is 0 Å². The molecule has 64 valence electrons. The SMILES string of the molecule is C/C(=C\C(Cl)NC=N)C(C)C. The molecule has 11 heavy (non-hydrogen) atoms. The lowest BCUT2D eigenvalue weighted by molar-refractivity contribution is 0.757. The Morgan fingerprint density at radius 1 is 1.55 bits per heavy atom. The summed E-state index contributed by atoms with van der Waals surface area (Å²) in [4.78, 5) is 0. The normalized spacial score (nSPS) is 14.8. The van der Waals surface area contributed by atoms with Crippen LogP contribution in [0.5, 0.6) is 0 Å². The number of rotatable bonds is 4. The van der Waals surface area contributed by atoms with Crippen LogP contribution in [0.4, 0.5) is 0 Å². The van der Waals surface area contributed by atoms with E-state index in [1.54, 1.807) is 0 Å². The van der Waals surface area contributed by atoms with Gasteiger partial charge in [-0.3, -0.25) is 5.41 Å². The van der Waals surface area contributed by atoms with Crippen LogP contribution in [0.15, 0.2) is 11.6 Å². The zero-order valence-electron chi connectivity index (χ0n) is 7.19. The molecule has 0 aliphatic heterocycles. The molecule has 0 aromatic carbocycles. The largest absolute Gasteiger partial charge is 0.357 e. The zero-order valence-corrected chi connectivity index (χ0v) is 7.94. The summed E-state index contributed by atoms with van der Waals surface area (Å²) in [6.07, 6.45) is 3.01. The van der Waals surface area contributed by atoms with Gasteiger partial charge in [-0.15, -0.1) is 0 Å². The minimum atomic E-state index is -0.255. The second-order valence-electron chi connectivity index (χ2n) is 2.78. The first-order valence-corrected chi connectivity index (χ1v) is 4.09. The molecule has 0 aliphatic carbocycles. The van der Waals surface area contributed by atoms with E-state index in [2.05, 4.69) is 19.2 Å². The van der Waals surface area contributed by atoms with Gasteiger partial charge in [-0.1, -0.05) is 31.0 Å². The fourth-order valence-corrected chi connectivity index (χ4v) is 0.813. The zero-order chi connectivity index (χ0) is 8.85. The maximum atomic E-state index is 6.73. The predicted molar refractivity (Wildman–Crippen MR) is 50.2 cm³/mol. The summed E-state index contributed by atoms with van der Waals surface area (Å²) < 4.78 is 0. The Bertz CT molecular complexity index is 152. The minimum Gasteiger partial charge on any atom is -0.357 e. The van der Waals surface area contributed by atoms with Crippen LogP contribution in [-0.2, 0) is 0 Å². The van der Waals surface area contributed by atoms with Crippen molar-refractivity contribution in [2.24, 2.45) is 5.92 Å². The molecule has 0 aromatic rings. The van der Waals surface area contributed by atoms with Crippen LogP contribution in [0.2, 0.25) is 0 Å². The summed E-state index contributed by atoms with van der Waals surface area (Å²) in [6, 6.07) is 0. The number of hydrogen-bond acceptors (Lipinski definition) is 1. The Balaban J connectivity index is 3.95. The quantitative estimate of drug-likeness (QED) is 0.222. The Morgan fingerprint density at radius 3 is 2.45 bits per heavy atom. The van der Waals surface area contributed by atoms with Gasteiger partial charge in [-0.2, -0.15) is 0 Å². The van der Waals surface area contributed by atoms with Gasteiger partial charge in [0.1, 0.15) is 5.50 Å². The van der Waals surface area contributed by atoms with Gasteiger partial charge in [-0.25, -0.2) is 0 Å². The van der Waals surface area contributed by atoms with Crippen LogP contribution in [0.3, 0.4) is 0 Å². The van der Waals surface area contributed by atoms with Crippen molar-refractivity contribution in [3.05, 3.63) is 11.6 Å². The molecule has 3 heteroatoms. The van der Waals surface area contributed by atoms with Gasteiger partial charge in [0.05, 0.1) is 6.34 Å². The lowest BCUT2D eigenvalue weighted by Gasteiger charge is -2.08. The Hall–Kier alpha value is -0.500. The van der Waals surface area contributed by atoms with E-state index >= 15 is 0 Å². The first-order valence-electron chi connectivity index (χ1n) is 3.65. The van der Waals surface area contributed by atoms with Crippen LogP contribution in [0.1, 0.15) is 20.8 Å². The molecule has 0 rings (SSSR count). The molecule has 0 fully saturated rings. The van der Waals surface area contributed by atoms with Crippen LogP contribution >= 0.6 is 11.6 Å². The Morgan fingerprint density at radius 2 is 2.09 bits per heavy atom. The first kappa shape index (κ1) is 10.5. The third-order valence-electron chi connectivity index (χ3n) is 1.56. The molecule has 0 amide bonds. The maximum Gasteiger partial charge on any atom is 0.121 e. The smallest absolute Gasteiger partial charge is 0.121 e. The van der Waals surface area contributed by atoms with Gasteiger partial charge in [0.2, 0.25) is 0 Å². The van der Waals surface area contributed by atoms with Gasteiger partial charge in [0.15, 0.2) is 0 Å². The molecule has 2 N–H and O–H groups in total. The van der Waals surface area contributed by atoms with Gasteiger partial charge in [0, 0.05) is 0 Å². The molecule has 1 unspecified atom stereocenters. The molecule has 0 saturated carbocycles. The van der Waals surface area contributed by atoms with Crippen LogP contribution < -0.4 is 5.32 Å². The van der Waals surface area contributed by atoms with E-state index in [9.17, 15) is 0 Å². The van der Waals surface area contributed by atoms with Crippen molar-refractivity contribution in [2.45, 2.75) is 26.3 Å². The average Bonchev–Trinajstić information content (AvgIpc) is 1.87. The first-order chi connectivity index (χ1) is 5.07. The van der Waals surface area contributed by atoms with E-state index < -0.39 is 0 Å². The number of allylic oxidation sites excluding steroid dienone is 1. The highest BCUT2D eigenvalue weighted by atomic mass is 35.5. The van der Waals surface area contributed by atoms with E-state index in [1.807, 2.05) is 13.0 Å². The maximum absolute atomic E-state index is 6.73. The lowest BCUT2D eigenvalue weighted by Crippen LogP contribution is -2.19. The van der Waals surface area contributed by atoms with E-state index in [1.165, 1.54) is 5.57 Å². The van der Waals surface area contributed by atoms with Crippen molar-refractivity contribution < 1.29 is 0 Å². The molecule has 0 saturated heterocycles. The Labute approximate surface area is 73.1 Å². The minimum absolute atomic E-state index is 0.255. The molecular weight excluding hydrogens is 160 g/mol. The summed E-state index contributed by atoms with van der Waals surface area (Å²) in [7, 11) is 0. The van der Waals surface area contributed by atoms with Crippen molar-refractivity contribution in [1.29, 1.82) is 5.41 Å². The van der Waals surface area contributed by atoms with Crippen molar-refractivity contribution in [3.8, 4) is 0 Å². The fourth-order valence-electron chi connectivity index (χ4n) is 0.551. The summed E-state index contributed by atoms with van der Waals surface area (Å²) in [6.45, 7) is 6.26. The summed E-state index contributed by atoms with van der Waals surface area (Å²) in [5.41, 5.74) is 0.981. The topological polar surface area (TPSA) is 35.9 Å². The van der Waals surface area contributed by atoms with Crippen molar-refractivity contribution in [3.63, 3.8) is 0 Å². The lowest BCUT2D eigenvalue weighted by atomic mass is 10.1. The molecule has 0 aliphatic rings. The van der Waals surface area contributed by atoms with Gasteiger partial charge in [0.25, 0.3) is 0 Å². The fraction of sp³-hybridized carbons (Fsp3) is 0.625. The van der Waals surface area contributed by atoms with E-state index in [0.717, 1.165) is 6.34 Å². The monoisotopic (exact) mass is 174 g/mol. The molecule has 0 heterocycles. The number of hydrogen-bond donors (Lipinski definition) is 2. The number of halogens is 1. The third-order valence-corrected chi connectivity index (χ3v) is 1.81.